The van der Waals surface area contributed by atoms with Crippen molar-refractivity contribution in [2.75, 3.05) is 39.3 Å². The first-order valence-corrected chi connectivity index (χ1v) is 15.4. The second-order valence-electron chi connectivity index (χ2n) is 12.2. The van der Waals surface area contributed by atoms with Crippen molar-refractivity contribution in [1.82, 2.24) is 9.80 Å². The maximum atomic E-state index is 10.8. The summed E-state index contributed by atoms with van der Waals surface area (Å²) in [7, 11) is 0. The lowest BCUT2D eigenvalue weighted by Gasteiger charge is -2.47. The Hall–Kier alpha value is -0.900. The van der Waals surface area contributed by atoms with Crippen LogP contribution in [-0.4, -0.2) is 60.3 Å². The van der Waals surface area contributed by atoms with E-state index in [1.54, 1.807) is 0 Å². The van der Waals surface area contributed by atoms with Crippen molar-refractivity contribution in [3.8, 4) is 0 Å². The minimum atomic E-state index is -0.346. The van der Waals surface area contributed by atoms with E-state index < -0.39 is 0 Å². The predicted octanol–water partition coefficient (Wildman–Crippen LogP) is 6.99. The minimum absolute atomic E-state index is 0.346. The van der Waals surface area contributed by atoms with Crippen LogP contribution in [-0.2, 0) is 0 Å². The average molecular weight is 483 g/mol. The summed E-state index contributed by atoms with van der Waals surface area (Å²) >= 11 is 0. The molecule has 0 aromatic rings. The van der Waals surface area contributed by atoms with E-state index in [2.05, 4.69) is 40.2 Å². The van der Waals surface area contributed by atoms with E-state index in [1.165, 1.54) is 129 Å². The molecule has 0 aromatic heterocycles. The number of fused-ring (bicyclic) bond motifs is 10. The van der Waals surface area contributed by atoms with Gasteiger partial charge < -0.3 is 10.0 Å². The number of hydrogen-bond donors (Lipinski definition) is 1. The molecule has 0 saturated carbocycles. The van der Waals surface area contributed by atoms with Gasteiger partial charge >= 0.3 is 0 Å². The Balaban J connectivity index is 1.51. The van der Waals surface area contributed by atoms with Crippen LogP contribution >= 0.6 is 0 Å². The maximum Gasteiger partial charge on any atom is 0.0850 e. The second kappa shape index (κ2) is 15.4. The number of hydrogen-bond acceptors (Lipinski definition) is 3. The third kappa shape index (κ3) is 9.48. The highest BCUT2D eigenvalue weighted by molar-refractivity contribution is 5.05. The molecule has 0 radical (unpaired) electrons. The highest BCUT2D eigenvalue weighted by Crippen LogP contribution is 2.40. The molecule has 35 heavy (non-hydrogen) atoms. The molecule has 2 fully saturated rings. The summed E-state index contributed by atoms with van der Waals surface area (Å²) in [5.74, 6) is 3.40. The molecular formula is C32H54N2O. The molecule has 5 heterocycles. The van der Waals surface area contributed by atoms with Crippen molar-refractivity contribution in [2.24, 2.45) is 23.7 Å². The molecule has 198 valence electrons. The van der Waals surface area contributed by atoms with Gasteiger partial charge in [0.25, 0.3) is 0 Å². The van der Waals surface area contributed by atoms with Crippen molar-refractivity contribution in [3.05, 3.63) is 36.5 Å². The van der Waals surface area contributed by atoms with Gasteiger partial charge in [-0.1, -0.05) is 75.0 Å². The Morgan fingerprint density at radius 1 is 0.571 bits per heavy atom. The van der Waals surface area contributed by atoms with Gasteiger partial charge in [-0.2, -0.15) is 0 Å². The molecule has 2 unspecified atom stereocenters. The first-order valence-electron chi connectivity index (χ1n) is 15.4. The van der Waals surface area contributed by atoms with Crippen LogP contribution in [0.5, 0.6) is 0 Å². The molecule has 0 amide bonds. The van der Waals surface area contributed by atoms with E-state index in [0.717, 1.165) is 30.2 Å². The van der Waals surface area contributed by atoms with Crippen LogP contribution in [0.15, 0.2) is 36.5 Å². The number of allylic oxidation sites excluding steroid dienone is 4. The van der Waals surface area contributed by atoms with Crippen LogP contribution in [0.3, 0.4) is 0 Å². The Labute approximate surface area is 216 Å². The van der Waals surface area contributed by atoms with Crippen molar-refractivity contribution in [1.29, 1.82) is 0 Å². The molecule has 6 bridgehead atoms. The van der Waals surface area contributed by atoms with Crippen LogP contribution in [0.1, 0.15) is 96.3 Å². The van der Waals surface area contributed by atoms with Gasteiger partial charge in [0, 0.05) is 32.7 Å². The van der Waals surface area contributed by atoms with E-state index in [4.69, 9.17) is 0 Å². The summed E-state index contributed by atoms with van der Waals surface area (Å²) in [4.78, 5) is 5.45. The smallest absolute Gasteiger partial charge is 0.0850 e. The largest absolute Gasteiger partial charge is 0.388 e. The fraction of sp³-hybridized carbons (Fsp3) is 0.812. The fourth-order valence-corrected chi connectivity index (χ4v) is 7.53. The van der Waals surface area contributed by atoms with E-state index >= 15 is 0 Å². The molecule has 5 aliphatic rings. The van der Waals surface area contributed by atoms with Gasteiger partial charge in [0.15, 0.2) is 0 Å². The lowest BCUT2D eigenvalue weighted by molar-refractivity contribution is 0.00963. The summed E-state index contributed by atoms with van der Waals surface area (Å²) < 4.78 is 0. The first-order chi connectivity index (χ1) is 17.3. The van der Waals surface area contributed by atoms with E-state index in [1.807, 2.05) is 6.08 Å². The van der Waals surface area contributed by atoms with Gasteiger partial charge in [0.1, 0.15) is 0 Å². The van der Waals surface area contributed by atoms with Crippen LogP contribution in [0.25, 0.3) is 0 Å². The number of rotatable bonds is 0. The van der Waals surface area contributed by atoms with Gasteiger partial charge in [0.05, 0.1) is 6.10 Å². The summed E-state index contributed by atoms with van der Waals surface area (Å²) in [6, 6.07) is 0. The number of aliphatic hydroxyl groups excluding tert-OH is 1. The molecular weight excluding hydrogens is 428 g/mol. The van der Waals surface area contributed by atoms with Crippen LogP contribution in [0.2, 0.25) is 0 Å². The molecule has 0 aliphatic carbocycles. The molecule has 2 saturated heterocycles. The number of piperidine rings is 2. The molecule has 0 spiro atoms. The molecule has 7 atom stereocenters. The van der Waals surface area contributed by atoms with Gasteiger partial charge in [-0.3, -0.25) is 4.90 Å². The Morgan fingerprint density at radius 3 is 2.20 bits per heavy atom. The molecule has 3 nitrogen and oxygen atoms in total. The predicted molar refractivity (Wildman–Crippen MR) is 150 cm³/mol. The van der Waals surface area contributed by atoms with Gasteiger partial charge in [-0.25, -0.2) is 0 Å². The summed E-state index contributed by atoms with van der Waals surface area (Å²) in [5, 5.41) is 10.8. The fourth-order valence-electron chi connectivity index (χ4n) is 7.53. The molecule has 0 aromatic carbocycles. The zero-order chi connectivity index (χ0) is 24.1. The van der Waals surface area contributed by atoms with E-state index in [-0.39, 0.29) is 6.10 Å². The van der Waals surface area contributed by atoms with Gasteiger partial charge in [0.2, 0.25) is 0 Å². The zero-order valence-corrected chi connectivity index (χ0v) is 22.5. The second-order valence-corrected chi connectivity index (χ2v) is 12.2. The third-order valence-corrected chi connectivity index (χ3v) is 9.36. The van der Waals surface area contributed by atoms with Crippen molar-refractivity contribution in [3.63, 3.8) is 0 Å². The Bertz CT molecular complexity index is 670. The van der Waals surface area contributed by atoms with Crippen LogP contribution < -0.4 is 0 Å². The highest BCUT2D eigenvalue weighted by atomic mass is 16.3. The number of nitrogens with zero attached hydrogens (tertiary/aromatic N) is 2. The number of aliphatic hydroxyl groups is 1. The van der Waals surface area contributed by atoms with Gasteiger partial charge in [-0.15, -0.1) is 0 Å². The summed E-state index contributed by atoms with van der Waals surface area (Å²) in [6.45, 7) is 7.10. The third-order valence-electron chi connectivity index (χ3n) is 9.36. The van der Waals surface area contributed by atoms with Crippen LogP contribution in [0, 0.1) is 23.7 Å². The highest BCUT2D eigenvalue weighted by Gasteiger charge is 2.38. The van der Waals surface area contributed by atoms with Crippen LogP contribution in [0.4, 0.5) is 0 Å². The summed E-state index contributed by atoms with van der Waals surface area (Å²) in [5.41, 5.74) is 0. The van der Waals surface area contributed by atoms with Crippen molar-refractivity contribution >= 4 is 0 Å². The SMILES string of the molecule is O[C@@H]1/C=C\C=C/CCCCCC[C@@H]2CN3CC/C=C\CCCCCC[C@H]4C[C@@H](CN(C4)C1)[C@H]2CC3. The van der Waals surface area contributed by atoms with Crippen molar-refractivity contribution < 1.29 is 5.11 Å². The topological polar surface area (TPSA) is 26.7 Å². The lowest BCUT2D eigenvalue weighted by Crippen LogP contribution is -2.50. The Kier molecular flexibility index (Phi) is 11.9. The molecule has 1 N–H and O–H groups in total. The molecule has 5 aliphatic heterocycles. The van der Waals surface area contributed by atoms with Gasteiger partial charge in [-0.05, 0) is 88.0 Å². The average Bonchev–Trinajstić information content (AvgIpc) is 2.85. The quantitative estimate of drug-likeness (QED) is 0.377. The lowest BCUT2D eigenvalue weighted by atomic mass is 9.69. The monoisotopic (exact) mass is 482 g/mol. The summed E-state index contributed by atoms with van der Waals surface area (Å²) in [6.07, 6.45) is 33.4. The minimum Gasteiger partial charge on any atom is -0.388 e. The maximum absolute atomic E-state index is 10.8. The standard InChI is InChI=1S/C32H54N2O/c35-31-19-15-11-7-2-1-6-10-14-18-29-25-33-21-16-12-8-4-3-5-9-13-17-28-23-30(32(29)20-22-33)26-34(24-28)27-31/h7-8,11-12,15,19,28-32,35H,1-6,9-10,13-14,16-18,20-27H2/b11-7-,12-8-,19-15-/t28-,29+,30-,31+,32-/m0/s1. The molecule has 3 heteroatoms. The normalized spacial score (nSPS) is 41.6. The van der Waals surface area contributed by atoms with E-state index in [9.17, 15) is 5.11 Å². The first kappa shape index (κ1) is 27.1. The molecule has 5 rings (SSSR count). The van der Waals surface area contributed by atoms with Crippen molar-refractivity contribution in [2.45, 2.75) is 102 Å². The Morgan fingerprint density at radius 2 is 1.31 bits per heavy atom. The zero-order valence-electron chi connectivity index (χ0n) is 22.5. The van der Waals surface area contributed by atoms with E-state index in [0.29, 0.717) is 0 Å².